The number of benzene rings is 1. The summed E-state index contributed by atoms with van der Waals surface area (Å²) in [6.07, 6.45) is -0.565. The zero-order valence-electron chi connectivity index (χ0n) is 15.1. The average molecular weight is 394 g/mol. The summed E-state index contributed by atoms with van der Waals surface area (Å²) in [6.45, 7) is 4.19. The molecule has 1 aromatic carbocycles. The Balaban J connectivity index is 1.69. The first kappa shape index (κ1) is 19.4. The van der Waals surface area contributed by atoms with E-state index in [2.05, 4.69) is 34.7 Å². The zero-order valence-corrected chi connectivity index (χ0v) is 15.9. The van der Waals surface area contributed by atoms with Crippen molar-refractivity contribution in [3.8, 4) is 0 Å². The summed E-state index contributed by atoms with van der Waals surface area (Å²) in [5.74, 6) is 0. The van der Waals surface area contributed by atoms with E-state index in [9.17, 15) is 13.2 Å². The number of thiocarbonyl (C=S) groups is 1. The lowest BCUT2D eigenvalue weighted by Crippen LogP contribution is -2.26. The second kappa shape index (κ2) is 7.72. The van der Waals surface area contributed by atoms with E-state index >= 15 is 0 Å². The number of hydrazone groups is 1. The highest BCUT2D eigenvalue weighted by atomic mass is 32.1. The molecule has 1 aliphatic carbocycles. The molecule has 1 aromatic heterocycles. The molecule has 3 N–H and O–H groups in total. The maximum Gasteiger partial charge on any atom is 0.416 e. The minimum absolute atomic E-state index is 0.236. The van der Waals surface area contributed by atoms with Crippen LogP contribution in [0.25, 0.3) is 0 Å². The van der Waals surface area contributed by atoms with Gasteiger partial charge < -0.3 is 10.3 Å². The average Bonchev–Trinajstić information content (AvgIpc) is 2.95. The fraction of sp³-hybridized carbons (Fsp3) is 0.368. The lowest BCUT2D eigenvalue weighted by Gasteiger charge is -2.16. The number of rotatable bonds is 3. The van der Waals surface area contributed by atoms with Crippen molar-refractivity contribution in [3.63, 3.8) is 0 Å². The van der Waals surface area contributed by atoms with Crippen LogP contribution in [-0.2, 0) is 19.0 Å². The van der Waals surface area contributed by atoms with Gasteiger partial charge in [0.05, 0.1) is 11.3 Å². The Morgan fingerprint density at radius 1 is 1.22 bits per heavy atom. The third kappa shape index (κ3) is 4.32. The molecule has 8 heteroatoms. The Morgan fingerprint density at radius 2 is 1.93 bits per heavy atom. The molecule has 0 bridgehead atoms. The van der Waals surface area contributed by atoms with Crippen molar-refractivity contribution in [3.05, 3.63) is 52.3 Å². The van der Waals surface area contributed by atoms with Crippen LogP contribution >= 0.6 is 12.2 Å². The van der Waals surface area contributed by atoms with Crippen LogP contribution < -0.4 is 10.7 Å². The van der Waals surface area contributed by atoms with E-state index in [1.165, 1.54) is 34.6 Å². The summed E-state index contributed by atoms with van der Waals surface area (Å²) in [4.78, 5) is 3.44. The first-order chi connectivity index (χ1) is 12.8. The largest absolute Gasteiger partial charge is 0.416 e. The number of H-pyrrole nitrogens is 1. The first-order valence-corrected chi connectivity index (χ1v) is 9.22. The zero-order chi connectivity index (χ0) is 19.6. The lowest BCUT2D eigenvalue weighted by atomic mass is 9.91. The summed E-state index contributed by atoms with van der Waals surface area (Å²) in [7, 11) is 0. The van der Waals surface area contributed by atoms with Gasteiger partial charge in [-0.25, -0.2) is 0 Å². The highest BCUT2D eigenvalue weighted by Crippen LogP contribution is 2.30. The van der Waals surface area contributed by atoms with E-state index in [4.69, 9.17) is 12.2 Å². The summed E-state index contributed by atoms with van der Waals surface area (Å²) >= 11 is 5.22. The number of aromatic amines is 1. The molecule has 0 unspecified atom stereocenters. The molecule has 0 amide bonds. The van der Waals surface area contributed by atoms with Gasteiger partial charge in [-0.05, 0) is 74.7 Å². The monoisotopic (exact) mass is 394 g/mol. The normalized spacial score (nSPS) is 15.5. The molecule has 0 fully saturated rings. The van der Waals surface area contributed by atoms with Gasteiger partial charge in [-0.1, -0.05) is 6.92 Å². The molecule has 2 aromatic rings. The van der Waals surface area contributed by atoms with Gasteiger partial charge >= 0.3 is 6.18 Å². The van der Waals surface area contributed by atoms with Crippen LogP contribution in [0.15, 0.2) is 29.4 Å². The van der Waals surface area contributed by atoms with E-state index in [1.54, 1.807) is 0 Å². The molecule has 0 radical (unpaired) electrons. The number of aromatic nitrogens is 1. The minimum atomic E-state index is -4.35. The van der Waals surface area contributed by atoms with E-state index in [0.29, 0.717) is 5.69 Å². The second-order valence-corrected chi connectivity index (χ2v) is 6.90. The van der Waals surface area contributed by atoms with Crippen LogP contribution in [0.5, 0.6) is 0 Å². The molecule has 4 nitrogen and oxygen atoms in total. The van der Waals surface area contributed by atoms with Gasteiger partial charge in [0, 0.05) is 22.6 Å². The number of hydrogen-bond acceptors (Lipinski definition) is 2. The number of halogens is 3. The predicted octanol–water partition coefficient (Wildman–Crippen LogP) is 4.93. The first-order valence-electron chi connectivity index (χ1n) is 8.81. The molecule has 0 atom stereocenters. The Bertz CT molecular complexity index is 866. The second-order valence-electron chi connectivity index (χ2n) is 6.49. The molecular formula is C19H21F3N4S. The summed E-state index contributed by atoms with van der Waals surface area (Å²) in [5, 5.41) is 7.55. The summed E-state index contributed by atoms with van der Waals surface area (Å²) in [5.41, 5.74) is 8.36. The number of aryl methyl sites for hydroxylation is 2. The number of nitrogens with one attached hydrogen (secondary N) is 3. The van der Waals surface area contributed by atoms with E-state index in [1.807, 2.05) is 0 Å². The van der Waals surface area contributed by atoms with Gasteiger partial charge in [0.15, 0.2) is 5.11 Å². The standard InChI is InChI=1S/C19H21F3N4S/c1-3-14-11(2)23-15-5-4-6-16(17(14)15)25-26-18(27)24-13-9-7-12(8-10-13)19(20,21)22/h7-10,23H,3-6H2,1-2H3,(H2,24,26,27)/b25-16+. The molecule has 0 spiro atoms. The molecule has 0 aliphatic heterocycles. The Labute approximate surface area is 161 Å². The van der Waals surface area contributed by atoms with Crippen molar-refractivity contribution >= 4 is 28.7 Å². The molecule has 27 heavy (non-hydrogen) atoms. The van der Waals surface area contributed by atoms with Crippen molar-refractivity contribution in [2.24, 2.45) is 5.10 Å². The van der Waals surface area contributed by atoms with Crippen LogP contribution in [-0.4, -0.2) is 15.8 Å². The number of alkyl halides is 3. The SMILES string of the molecule is CCc1c(C)[nH]c2c1/C(=N/NC(=S)Nc1ccc(C(F)(F)F)cc1)CCC2. The number of anilines is 1. The quantitative estimate of drug-likeness (QED) is 0.511. The topological polar surface area (TPSA) is 52.2 Å². The maximum absolute atomic E-state index is 12.6. The van der Waals surface area contributed by atoms with Gasteiger partial charge in [-0.15, -0.1) is 0 Å². The number of hydrogen-bond donors (Lipinski definition) is 3. The van der Waals surface area contributed by atoms with Crippen LogP contribution in [0, 0.1) is 6.92 Å². The fourth-order valence-electron chi connectivity index (χ4n) is 3.40. The van der Waals surface area contributed by atoms with Gasteiger partial charge in [-0.3, -0.25) is 5.43 Å². The smallest absolute Gasteiger partial charge is 0.362 e. The van der Waals surface area contributed by atoms with E-state index < -0.39 is 11.7 Å². The number of fused-ring (bicyclic) bond motifs is 1. The summed E-state index contributed by atoms with van der Waals surface area (Å²) in [6, 6.07) is 4.71. The third-order valence-corrected chi connectivity index (χ3v) is 4.83. The lowest BCUT2D eigenvalue weighted by molar-refractivity contribution is -0.137. The van der Waals surface area contributed by atoms with Crippen LogP contribution in [0.3, 0.4) is 0 Å². The van der Waals surface area contributed by atoms with Gasteiger partial charge in [0.1, 0.15) is 0 Å². The molecule has 0 saturated heterocycles. The van der Waals surface area contributed by atoms with Gasteiger partial charge in [-0.2, -0.15) is 18.3 Å². The van der Waals surface area contributed by atoms with Gasteiger partial charge in [0.2, 0.25) is 0 Å². The molecule has 1 heterocycles. The van der Waals surface area contributed by atoms with Gasteiger partial charge in [0.25, 0.3) is 0 Å². The van der Waals surface area contributed by atoms with Crippen molar-refractivity contribution in [2.75, 3.05) is 5.32 Å². The van der Waals surface area contributed by atoms with Crippen molar-refractivity contribution < 1.29 is 13.2 Å². The highest BCUT2D eigenvalue weighted by molar-refractivity contribution is 7.80. The van der Waals surface area contributed by atoms with Crippen LogP contribution in [0.4, 0.5) is 18.9 Å². The minimum Gasteiger partial charge on any atom is -0.362 e. The predicted molar refractivity (Wildman–Crippen MR) is 105 cm³/mol. The van der Waals surface area contributed by atoms with Crippen LogP contribution in [0.2, 0.25) is 0 Å². The molecule has 3 rings (SSSR count). The Kier molecular flexibility index (Phi) is 5.55. The number of nitrogens with zero attached hydrogens (tertiary/aromatic N) is 1. The van der Waals surface area contributed by atoms with E-state index in [0.717, 1.165) is 43.5 Å². The van der Waals surface area contributed by atoms with Crippen molar-refractivity contribution in [1.29, 1.82) is 0 Å². The Morgan fingerprint density at radius 3 is 2.56 bits per heavy atom. The molecule has 1 aliphatic rings. The van der Waals surface area contributed by atoms with Crippen molar-refractivity contribution in [2.45, 2.75) is 45.7 Å². The molecule has 144 valence electrons. The molecule has 0 saturated carbocycles. The van der Waals surface area contributed by atoms with Crippen LogP contribution in [0.1, 0.15) is 47.8 Å². The molecular weight excluding hydrogens is 373 g/mol. The van der Waals surface area contributed by atoms with Crippen molar-refractivity contribution in [1.82, 2.24) is 10.4 Å². The van der Waals surface area contributed by atoms with E-state index in [-0.39, 0.29) is 5.11 Å². The maximum atomic E-state index is 12.6. The summed E-state index contributed by atoms with van der Waals surface area (Å²) < 4.78 is 37.8. The third-order valence-electron chi connectivity index (χ3n) is 4.64. The fourth-order valence-corrected chi connectivity index (χ4v) is 3.56. The Hall–Kier alpha value is -2.35. The highest BCUT2D eigenvalue weighted by Gasteiger charge is 2.30.